The van der Waals surface area contributed by atoms with Crippen LogP contribution in [-0.4, -0.2) is 48.4 Å². The molecule has 2 aromatic carbocycles. The first-order chi connectivity index (χ1) is 18.4. The number of fused-ring (bicyclic) bond motifs is 1. The molecule has 1 aromatic heterocycles. The normalized spacial score (nSPS) is 11.7. The van der Waals surface area contributed by atoms with Crippen LogP contribution in [0.25, 0.3) is 10.9 Å². The van der Waals surface area contributed by atoms with E-state index < -0.39 is 17.6 Å². The van der Waals surface area contributed by atoms with Gasteiger partial charge in [0.25, 0.3) is 0 Å². The first-order valence-corrected chi connectivity index (χ1v) is 12.9. The molecule has 0 fully saturated rings. The van der Waals surface area contributed by atoms with Gasteiger partial charge in [-0.05, 0) is 44.9 Å². The summed E-state index contributed by atoms with van der Waals surface area (Å²) in [6.45, 7) is 12.0. The van der Waals surface area contributed by atoms with Crippen LogP contribution in [-0.2, 0) is 16.1 Å². The van der Waals surface area contributed by atoms with E-state index in [0.29, 0.717) is 35.1 Å². The molecule has 0 aliphatic heterocycles. The number of hydrogen-bond acceptors (Lipinski definition) is 11. The van der Waals surface area contributed by atoms with Crippen LogP contribution in [0.1, 0.15) is 52.2 Å². The Morgan fingerprint density at radius 2 is 1.67 bits per heavy atom. The van der Waals surface area contributed by atoms with Crippen molar-refractivity contribution in [3.8, 4) is 17.2 Å². The van der Waals surface area contributed by atoms with E-state index in [1.165, 1.54) is 0 Å². The molecule has 1 heterocycles. The van der Waals surface area contributed by atoms with E-state index in [2.05, 4.69) is 15.3 Å². The minimum absolute atomic E-state index is 0.142. The molecule has 0 saturated carbocycles. The molecule has 3 rings (SSSR count). The molecule has 0 aliphatic carbocycles. The molecule has 39 heavy (non-hydrogen) atoms. The zero-order valence-electron chi connectivity index (χ0n) is 24.2. The number of hydrogen-bond donors (Lipinski definition) is 4. The number of ether oxygens (including phenoxy) is 4. The van der Waals surface area contributed by atoms with E-state index in [0.717, 1.165) is 22.2 Å². The molecule has 3 aromatic rings. The second-order valence-corrected chi connectivity index (χ2v) is 9.55. The van der Waals surface area contributed by atoms with Gasteiger partial charge in [-0.3, -0.25) is 4.79 Å². The van der Waals surface area contributed by atoms with Crippen molar-refractivity contribution in [3.05, 3.63) is 35.4 Å². The number of nitrogens with zero attached hydrogens (tertiary/aromatic N) is 2. The number of methoxy groups -OCH3 is 2. The van der Waals surface area contributed by atoms with Gasteiger partial charge in [0.15, 0.2) is 11.5 Å². The minimum Gasteiger partial charge on any atom is -0.493 e. The summed E-state index contributed by atoms with van der Waals surface area (Å²) < 4.78 is 22.3. The highest BCUT2D eigenvalue weighted by molar-refractivity contribution is 5.92. The van der Waals surface area contributed by atoms with Gasteiger partial charge in [0, 0.05) is 36.2 Å². The summed E-state index contributed by atoms with van der Waals surface area (Å²) in [5, 5.41) is 4.16. The molecule has 1 unspecified atom stereocenters. The van der Waals surface area contributed by atoms with E-state index in [1.54, 1.807) is 47.1 Å². The number of nitrogens with two attached hydrogens (primary N) is 3. The van der Waals surface area contributed by atoms with Crippen molar-refractivity contribution in [1.82, 2.24) is 9.97 Å². The van der Waals surface area contributed by atoms with Crippen LogP contribution >= 0.6 is 0 Å². The average Bonchev–Trinajstić information content (AvgIpc) is 2.88. The third kappa shape index (κ3) is 8.25. The summed E-state index contributed by atoms with van der Waals surface area (Å²) >= 11 is 0. The van der Waals surface area contributed by atoms with Crippen molar-refractivity contribution in [2.75, 3.05) is 37.6 Å². The number of nitrogen functional groups attached to an aromatic ring is 2. The summed E-state index contributed by atoms with van der Waals surface area (Å²) in [7, 11) is 3.08. The van der Waals surface area contributed by atoms with Crippen LogP contribution in [0.2, 0.25) is 0 Å². The fraction of sp³-hybridized carbons (Fsp3) is 0.464. The molecule has 0 amide bonds. The van der Waals surface area contributed by atoms with E-state index in [-0.39, 0.29) is 19.0 Å². The lowest BCUT2D eigenvalue weighted by atomic mass is 10.0. The predicted octanol–water partition coefficient (Wildman–Crippen LogP) is 4.20. The van der Waals surface area contributed by atoms with Crippen LogP contribution in [0.3, 0.4) is 0 Å². The first kappa shape index (κ1) is 31.2. The van der Waals surface area contributed by atoms with Gasteiger partial charge < -0.3 is 41.5 Å². The van der Waals surface area contributed by atoms with Crippen molar-refractivity contribution in [1.29, 1.82) is 0 Å². The number of benzene rings is 2. The van der Waals surface area contributed by atoms with Crippen molar-refractivity contribution in [2.24, 2.45) is 5.73 Å². The predicted molar refractivity (Wildman–Crippen MR) is 155 cm³/mol. The lowest BCUT2D eigenvalue weighted by molar-refractivity contribution is -0.156. The smallest absolute Gasteiger partial charge is 0.323 e. The Hall–Kier alpha value is -3.99. The summed E-state index contributed by atoms with van der Waals surface area (Å²) in [5.74, 6) is 1.36. The maximum Gasteiger partial charge on any atom is 0.323 e. The Morgan fingerprint density at radius 3 is 2.23 bits per heavy atom. The third-order valence-electron chi connectivity index (χ3n) is 5.61. The number of carbonyl (C=O) groups is 1. The fourth-order valence-corrected chi connectivity index (χ4v) is 3.78. The molecule has 0 spiro atoms. The lowest BCUT2D eigenvalue weighted by Crippen LogP contribution is -2.38. The van der Waals surface area contributed by atoms with E-state index in [4.69, 9.17) is 36.1 Å². The Labute approximate surface area is 230 Å². The molecule has 0 saturated heterocycles. The van der Waals surface area contributed by atoms with Crippen molar-refractivity contribution < 1.29 is 23.7 Å². The summed E-state index contributed by atoms with van der Waals surface area (Å²) in [6, 6.07) is 6.64. The quantitative estimate of drug-likeness (QED) is 0.271. The van der Waals surface area contributed by atoms with Crippen molar-refractivity contribution >= 4 is 34.3 Å². The maximum absolute atomic E-state index is 12.1. The fourth-order valence-electron chi connectivity index (χ4n) is 3.78. The second kappa shape index (κ2) is 13.7. The van der Waals surface area contributed by atoms with Crippen LogP contribution < -0.4 is 36.7 Å². The Morgan fingerprint density at radius 1 is 1.05 bits per heavy atom. The number of aryl methyl sites for hydroxylation is 1. The standard InChI is InChI=1S/C26H36N6O5.C2H6/c1-14-15(7-8-18-21(14)23(28)32-25(29)31-18)13-30-16-11-19(34-5)22(20(12-16)35-6)36-10-9-17(27)24(33)37-26(2,3)4;1-2/h7-8,11-12,17,30H,9-10,13,27H2,1-6H3,(H4,28,29,31,32);1-2H3. The highest BCUT2D eigenvalue weighted by atomic mass is 16.6. The molecule has 214 valence electrons. The molecular formula is C28H42N6O5. The third-order valence-corrected chi connectivity index (χ3v) is 5.61. The van der Waals surface area contributed by atoms with Gasteiger partial charge in [-0.15, -0.1) is 0 Å². The van der Waals surface area contributed by atoms with Crippen molar-refractivity contribution in [2.45, 2.75) is 66.2 Å². The molecule has 0 bridgehead atoms. The van der Waals surface area contributed by atoms with Gasteiger partial charge in [0.1, 0.15) is 17.5 Å². The highest BCUT2D eigenvalue weighted by Crippen LogP contribution is 2.40. The molecule has 0 radical (unpaired) electrons. The SMILES string of the molecule is CC.COc1cc(NCc2ccc3nc(N)nc(N)c3c2C)cc(OC)c1OCCC(N)C(=O)OC(C)(C)C. The lowest BCUT2D eigenvalue weighted by Gasteiger charge is -2.22. The minimum atomic E-state index is -0.807. The molecule has 1 atom stereocenters. The topological polar surface area (TPSA) is 170 Å². The van der Waals surface area contributed by atoms with Crippen LogP contribution in [0.5, 0.6) is 17.2 Å². The Balaban J connectivity index is 0.00000260. The number of carbonyl (C=O) groups excluding carboxylic acids is 1. The van der Waals surface area contributed by atoms with Gasteiger partial charge in [-0.1, -0.05) is 19.9 Å². The second-order valence-electron chi connectivity index (χ2n) is 9.55. The van der Waals surface area contributed by atoms with E-state index in [1.807, 2.05) is 32.9 Å². The summed E-state index contributed by atoms with van der Waals surface area (Å²) in [4.78, 5) is 20.5. The maximum atomic E-state index is 12.1. The van der Waals surface area contributed by atoms with Crippen molar-refractivity contribution in [3.63, 3.8) is 0 Å². The van der Waals surface area contributed by atoms with Gasteiger partial charge in [-0.2, -0.15) is 4.98 Å². The Kier molecular flexibility index (Phi) is 11.0. The molecule has 11 heteroatoms. The zero-order valence-corrected chi connectivity index (χ0v) is 24.2. The highest BCUT2D eigenvalue weighted by Gasteiger charge is 2.23. The number of rotatable bonds is 10. The molecule has 7 N–H and O–H groups in total. The van der Waals surface area contributed by atoms with E-state index >= 15 is 0 Å². The molecule has 0 aliphatic rings. The summed E-state index contributed by atoms with van der Waals surface area (Å²) in [5.41, 5.74) is 20.6. The molecular weight excluding hydrogens is 500 g/mol. The van der Waals surface area contributed by atoms with E-state index in [9.17, 15) is 4.79 Å². The summed E-state index contributed by atoms with van der Waals surface area (Å²) in [6.07, 6.45) is 0.265. The van der Waals surface area contributed by atoms with Crippen LogP contribution in [0.15, 0.2) is 24.3 Å². The first-order valence-electron chi connectivity index (χ1n) is 12.9. The number of aromatic nitrogens is 2. The Bertz CT molecular complexity index is 1250. The number of esters is 1. The number of anilines is 3. The van der Waals surface area contributed by atoms with Gasteiger partial charge >= 0.3 is 5.97 Å². The van der Waals surface area contributed by atoms with Crippen LogP contribution in [0, 0.1) is 6.92 Å². The molecule has 11 nitrogen and oxygen atoms in total. The van der Waals surface area contributed by atoms with Gasteiger partial charge in [0.2, 0.25) is 11.7 Å². The average molecular weight is 543 g/mol. The van der Waals surface area contributed by atoms with Crippen LogP contribution in [0.4, 0.5) is 17.5 Å². The monoisotopic (exact) mass is 542 g/mol. The van der Waals surface area contributed by atoms with Gasteiger partial charge in [-0.25, -0.2) is 4.98 Å². The van der Waals surface area contributed by atoms with Gasteiger partial charge in [0.05, 0.1) is 26.3 Å². The zero-order chi connectivity index (χ0) is 29.3. The largest absolute Gasteiger partial charge is 0.493 e. The number of nitrogens with one attached hydrogen (secondary N) is 1.